The molecule has 1 aromatic carbocycles. The highest BCUT2D eigenvalue weighted by atomic mass is 35.5. The molecule has 0 amide bonds. The quantitative estimate of drug-likeness (QED) is 0.583. The number of piperidine rings is 1. The van der Waals surface area contributed by atoms with Gasteiger partial charge < -0.3 is 29.5 Å². The number of rotatable bonds is 7. The van der Waals surface area contributed by atoms with Crippen LogP contribution in [0, 0.1) is 17.7 Å². The van der Waals surface area contributed by atoms with E-state index in [0.29, 0.717) is 29.7 Å². The molecule has 2 saturated heterocycles. The first kappa shape index (κ1) is 25.3. The molecule has 8 nitrogen and oxygen atoms in total. The number of pyridine rings is 1. The van der Waals surface area contributed by atoms with Crippen molar-refractivity contribution in [2.45, 2.75) is 44.9 Å². The maximum atomic E-state index is 15.1. The SMILES string of the molecule is COc1cc(N2CCC(Oc3ccc(N4C[C@H](O)[C@@H](C)[C@@H]4CC(=O)O)c(F)c3)C(C)C2)c(Cl)cn1. The third-order valence-corrected chi connectivity index (χ3v) is 7.38. The van der Waals surface area contributed by atoms with Crippen molar-refractivity contribution in [3.8, 4) is 11.6 Å². The summed E-state index contributed by atoms with van der Waals surface area (Å²) in [4.78, 5) is 19.2. The van der Waals surface area contributed by atoms with E-state index < -0.39 is 23.9 Å². The van der Waals surface area contributed by atoms with Crippen LogP contribution in [0.5, 0.6) is 11.6 Å². The van der Waals surface area contributed by atoms with Gasteiger partial charge >= 0.3 is 5.97 Å². The average Bonchev–Trinajstić information content (AvgIpc) is 3.08. The molecule has 0 saturated carbocycles. The highest BCUT2D eigenvalue weighted by Crippen LogP contribution is 2.36. The first-order valence-corrected chi connectivity index (χ1v) is 12.1. The normalized spacial score (nSPS) is 26.6. The number of aliphatic hydroxyl groups is 1. The van der Waals surface area contributed by atoms with Gasteiger partial charge in [-0.05, 0) is 12.1 Å². The van der Waals surface area contributed by atoms with Crippen LogP contribution in [0.1, 0.15) is 26.7 Å². The van der Waals surface area contributed by atoms with Crippen LogP contribution in [-0.4, -0.2) is 66.2 Å². The number of carboxylic acid groups (broad SMARTS) is 1. The monoisotopic (exact) mass is 507 g/mol. The molecule has 0 aliphatic carbocycles. The van der Waals surface area contributed by atoms with Crippen molar-refractivity contribution in [2.75, 3.05) is 36.5 Å². The number of hydrogen-bond acceptors (Lipinski definition) is 7. The highest BCUT2D eigenvalue weighted by Gasteiger charge is 2.40. The van der Waals surface area contributed by atoms with Gasteiger partial charge in [-0.25, -0.2) is 9.37 Å². The fourth-order valence-electron chi connectivity index (χ4n) is 5.05. The van der Waals surface area contributed by atoms with Crippen LogP contribution >= 0.6 is 11.6 Å². The minimum atomic E-state index is -0.979. The van der Waals surface area contributed by atoms with Crippen molar-refractivity contribution in [1.29, 1.82) is 0 Å². The molecule has 2 aromatic rings. The summed E-state index contributed by atoms with van der Waals surface area (Å²) >= 11 is 6.36. The van der Waals surface area contributed by atoms with Gasteiger partial charge in [-0.3, -0.25) is 4.79 Å². The molecule has 0 radical (unpaired) electrons. The summed E-state index contributed by atoms with van der Waals surface area (Å²) in [6, 6.07) is 5.99. The third-order valence-electron chi connectivity index (χ3n) is 7.08. The first-order valence-electron chi connectivity index (χ1n) is 11.7. The summed E-state index contributed by atoms with van der Waals surface area (Å²) in [5.41, 5.74) is 1.13. The second-order valence-corrected chi connectivity index (χ2v) is 9.81. The van der Waals surface area contributed by atoms with Gasteiger partial charge in [-0.2, -0.15) is 0 Å². The molecule has 4 rings (SSSR count). The fourth-order valence-corrected chi connectivity index (χ4v) is 5.27. The fraction of sp³-hybridized carbons (Fsp3) is 0.520. The zero-order valence-electron chi connectivity index (χ0n) is 20.0. The predicted molar refractivity (Wildman–Crippen MR) is 131 cm³/mol. The molecule has 2 unspecified atom stereocenters. The highest BCUT2D eigenvalue weighted by molar-refractivity contribution is 6.33. The van der Waals surface area contributed by atoms with Gasteiger partial charge in [0, 0.05) is 56.1 Å². The van der Waals surface area contributed by atoms with E-state index in [1.54, 1.807) is 37.3 Å². The summed E-state index contributed by atoms with van der Waals surface area (Å²) in [5, 5.41) is 20.1. The molecule has 2 aliphatic heterocycles. The Hall–Kier alpha value is -2.78. The van der Waals surface area contributed by atoms with Gasteiger partial charge in [0.2, 0.25) is 5.88 Å². The van der Waals surface area contributed by atoms with Crippen LogP contribution in [0.2, 0.25) is 5.02 Å². The molecule has 3 heterocycles. The van der Waals surface area contributed by atoms with Gasteiger partial charge in [-0.1, -0.05) is 25.4 Å². The maximum absolute atomic E-state index is 15.1. The number of anilines is 2. The zero-order valence-corrected chi connectivity index (χ0v) is 20.8. The van der Waals surface area contributed by atoms with Gasteiger partial charge in [0.15, 0.2) is 0 Å². The molecule has 2 aliphatic rings. The number of benzene rings is 1. The predicted octanol–water partition coefficient (Wildman–Crippen LogP) is 3.84. The van der Waals surface area contributed by atoms with Gasteiger partial charge in [0.1, 0.15) is 17.7 Å². The Bertz CT molecular complexity index is 1070. The number of carboxylic acids is 1. The Balaban J connectivity index is 1.43. The lowest BCUT2D eigenvalue weighted by Gasteiger charge is -2.38. The summed E-state index contributed by atoms with van der Waals surface area (Å²) in [7, 11) is 1.56. The Morgan fingerprint density at radius 1 is 1.26 bits per heavy atom. The number of aliphatic carboxylic acids is 1. The van der Waals surface area contributed by atoms with Crippen LogP contribution in [0.4, 0.5) is 15.8 Å². The van der Waals surface area contributed by atoms with Crippen LogP contribution < -0.4 is 19.3 Å². The third kappa shape index (κ3) is 5.41. The van der Waals surface area contributed by atoms with Crippen LogP contribution in [-0.2, 0) is 4.79 Å². The van der Waals surface area contributed by atoms with E-state index in [2.05, 4.69) is 16.8 Å². The minimum absolute atomic E-state index is 0.104. The topological polar surface area (TPSA) is 95.4 Å². The van der Waals surface area contributed by atoms with Crippen molar-refractivity contribution in [2.24, 2.45) is 11.8 Å². The molecule has 1 aromatic heterocycles. The molecule has 10 heteroatoms. The summed E-state index contributed by atoms with van der Waals surface area (Å²) in [6.45, 7) is 5.48. The van der Waals surface area contributed by atoms with Gasteiger partial charge in [-0.15, -0.1) is 0 Å². The maximum Gasteiger partial charge on any atom is 0.305 e. The summed E-state index contributed by atoms with van der Waals surface area (Å²) in [5.74, 6) is -0.690. The second kappa shape index (κ2) is 10.5. The summed E-state index contributed by atoms with van der Waals surface area (Å²) in [6.07, 6.45) is 1.32. The largest absolute Gasteiger partial charge is 0.490 e. The lowest BCUT2D eigenvalue weighted by atomic mass is 9.96. The van der Waals surface area contributed by atoms with Crippen LogP contribution in [0.25, 0.3) is 0 Å². The Kier molecular flexibility index (Phi) is 7.56. The van der Waals surface area contributed by atoms with Gasteiger partial charge in [0.05, 0.1) is 42.2 Å². The van der Waals surface area contributed by atoms with E-state index in [-0.39, 0.29) is 36.6 Å². The standard InChI is InChI=1S/C25H31ClFN3O5/c1-14-12-29(21-9-24(34-3)28-11-17(21)26)7-6-23(14)35-16-4-5-19(18(27)8-16)30-13-22(31)15(2)20(30)10-25(32)33/h4-5,8-9,11,14-15,20,22-23,31H,6-7,10,12-13H2,1-3H3,(H,32,33)/t14?,15-,20-,22-,23?/m0/s1. The molecule has 0 spiro atoms. The molecule has 0 bridgehead atoms. The molecular formula is C25H31ClFN3O5. The minimum Gasteiger partial charge on any atom is -0.490 e. The van der Waals surface area contributed by atoms with E-state index in [1.165, 1.54) is 6.07 Å². The van der Waals surface area contributed by atoms with Crippen molar-refractivity contribution in [3.63, 3.8) is 0 Å². The lowest BCUT2D eigenvalue weighted by molar-refractivity contribution is -0.137. The number of hydrogen-bond donors (Lipinski definition) is 2. The number of ether oxygens (including phenoxy) is 2. The van der Waals surface area contributed by atoms with E-state index in [0.717, 1.165) is 12.1 Å². The summed E-state index contributed by atoms with van der Waals surface area (Å²) < 4.78 is 26.5. The smallest absolute Gasteiger partial charge is 0.305 e. The lowest BCUT2D eigenvalue weighted by Crippen LogP contribution is -2.44. The number of aliphatic hydroxyl groups excluding tert-OH is 1. The molecule has 2 fully saturated rings. The Labute approximate surface area is 209 Å². The number of nitrogens with zero attached hydrogens (tertiary/aromatic N) is 3. The van der Waals surface area contributed by atoms with E-state index in [1.807, 2.05) is 6.07 Å². The molecule has 2 N–H and O–H groups in total. The molecular weight excluding hydrogens is 477 g/mol. The Morgan fingerprint density at radius 2 is 2.03 bits per heavy atom. The van der Waals surface area contributed by atoms with E-state index in [4.69, 9.17) is 21.1 Å². The first-order chi connectivity index (χ1) is 16.7. The Morgan fingerprint density at radius 3 is 2.69 bits per heavy atom. The van der Waals surface area contributed by atoms with E-state index in [9.17, 15) is 15.0 Å². The number of aromatic nitrogens is 1. The number of β-amino-alcohol motifs (C(OH)–C–C–N with tert-alkyl or cyclic N) is 1. The van der Waals surface area contributed by atoms with Crippen molar-refractivity contribution in [1.82, 2.24) is 4.98 Å². The number of methoxy groups -OCH3 is 1. The van der Waals surface area contributed by atoms with Crippen LogP contribution in [0.15, 0.2) is 30.5 Å². The molecule has 190 valence electrons. The van der Waals surface area contributed by atoms with E-state index >= 15 is 4.39 Å². The van der Waals surface area contributed by atoms with Gasteiger partial charge in [0.25, 0.3) is 0 Å². The van der Waals surface area contributed by atoms with Crippen LogP contribution in [0.3, 0.4) is 0 Å². The number of carbonyl (C=O) groups is 1. The average molecular weight is 508 g/mol. The zero-order chi connectivity index (χ0) is 25.3. The van der Waals surface area contributed by atoms with Crippen molar-refractivity contribution >= 4 is 28.9 Å². The molecule has 35 heavy (non-hydrogen) atoms. The molecule has 5 atom stereocenters. The second-order valence-electron chi connectivity index (χ2n) is 9.40. The van der Waals surface area contributed by atoms with Crippen molar-refractivity contribution < 1.29 is 28.9 Å². The van der Waals surface area contributed by atoms with Crippen molar-refractivity contribution in [3.05, 3.63) is 41.3 Å². The number of halogens is 2.